The predicted octanol–water partition coefficient (Wildman–Crippen LogP) is 3.06. The van der Waals surface area contributed by atoms with Crippen LogP contribution in [0.4, 0.5) is 0 Å². The number of aryl methyl sites for hydroxylation is 3. The fraction of sp³-hybridized carbons (Fsp3) is 0.412. The van der Waals surface area contributed by atoms with E-state index in [4.69, 9.17) is 4.74 Å². The van der Waals surface area contributed by atoms with Gasteiger partial charge in [-0.2, -0.15) is 0 Å². The molecular formula is C17H22N2O2S. The third-order valence-corrected chi connectivity index (χ3v) is 4.64. The monoisotopic (exact) mass is 318 g/mol. The zero-order valence-electron chi connectivity index (χ0n) is 13.3. The molecule has 0 aliphatic heterocycles. The van der Waals surface area contributed by atoms with Gasteiger partial charge < -0.3 is 10.1 Å². The molecule has 1 aromatic carbocycles. The zero-order valence-corrected chi connectivity index (χ0v) is 14.1. The van der Waals surface area contributed by atoms with Crippen molar-refractivity contribution in [3.63, 3.8) is 0 Å². The lowest BCUT2D eigenvalue weighted by atomic mass is 10.1. The minimum Gasteiger partial charge on any atom is -0.497 e. The lowest BCUT2D eigenvalue weighted by Gasteiger charge is -2.06. The number of carbonyl (C=O) groups excluding carboxylic acids is 1. The van der Waals surface area contributed by atoms with E-state index in [2.05, 4.69) is 17.2 Å². The number of hydrogen-bond acceptors (Lipinski definition) is 4. The Morgan fingerprint density at radius 1 is 1.32 bits per heavy atom. The molecule has 4 nitrogen and oxygen atoms in total. The summed E-state index contributed by atoms with van der Waals surface area (Å²) < 4.78 is 5.19. The summed E-state index contributed by atoms with van der Waals surface area (Å²) in [4.78, 5) is 17.5. The number of thiazole rings is 1. The van der Waals surface area contributed by atoms with Crippen molar-refractivity contribution in [2.75, 3.05) is 13.7 Å². The van der Waals surface area contributed by atoms with Gasteiger partial charge in [0.25, 0.3) is 0 Å². The molecule has 2 aromatic rings. The Balaban J connectivity index is 1.71. The molecule has 0 bridgehead atoms. The van der Waals surface area contributed by atoms with Crippen molar-refractivity contribution in [2.45, 2.75) is 33.1 Å². The lowest BCUT2D eigenvalue weighted by molar-refractivity contribution is -0.121. The van der Waals surface area contributed by atoms with Crippen molar-refractivity contribution >= 4 is 17.2 Å². The van der Waals surface area contributed by atoms with Crippen molar-refractivity contribution in [3.8, 4) is 5.75 Å². The van der Waals surface area contributed by atoms with Crippen LogP contribution in [0.2, 0.25) is 0 Å². The zero-order chi connectivity index (χ0) is 15.9. The van der Waals surface area contributed by atoms with Crippen LogP contribution in [0.3, 0.4) is 0 Å². The third kappa shape index (κ3) is 4.84. The van der Waals surface area contributed by atoms with Gasteiger partial charge in [0.2, 0.25) is 5.91 Å². The van der Waals surface area contributed by atoms with Crippen molar-refractivity contribution in [1.29, 1.82) is 0 Å². The highest BCUT2D eigenvalue weighted by atomic mass is 32.1. The van der Waals surface area contributed by atoms with Crippen LogP contribution in [0.25, 0.3) is 0 Å². The number of hydrogen-bond donors (Lipinski definition) is 1. The normalized spacial score (nSPS) is 10.5. The maximum absolute atomic E-state index is 11.9. The van der Waals surface area contributed by atoms with Gasteiger partial charge in [-0.1, -0.05) is 12.1 Å². The second-order valence-corrected chi connectivity index (χ2v) is 6.49. The van der Waals surface area contributed by atoms with Crippen LogP contribution in [0.5, 0.6) is 5.75 Å². The standard InChI is InChI=1S/C17H22N2O2S/c1-12-13(2)22-17(19-12)8-7-16(20)18-10-9-14-5-4-6-15(11-14)21-3/h4-6,11H,7-10H2,1-3H3,(H,18,20). The summed E-state index contributed by atoms with van der Waals surface area (Å²) in [6.45, 7) is 4.70. The molecule has 0 radical (unpaired) electrons. The van der Waals surface area contributed by atoms with Crippen molar-refractivity contribution in [1.82, 2.24) is 10.3 Å². The molecule has 22 heavy (non-hydrogen) atoms. The van der Waals surface area contributed by atoms with Crippen LogP contribution >= 0.6 is 11.3 Å². The molecule has 0 saturated carbocycles. The van der Waals surface area contributed by atoms with E-state index in [1.807, 2.05) is 31.2 Å². The van der Waals surface area contributed by atoms with E-state index in [-0.39, 0.29) is 5.91 Å². The number of benzene rings is 1. The van der Waals surface area contributed by atoms with Crippen LogP contribution < -0.4 is 10.1 Å². The lowest BCUT2D eigenvalue weighted by Crippen LogP contribution is -2.25. The van der Waals surface area contributed by atoms with Gasteiger partial charge in [0, 0.05) is 24.3 Å². The SMILES string of the molecule is COc1cccc(CCNC(=O)CCc2nc(C)c(C)s2)c1. The van der Waals surface area contributed by atoms with E-state index >= 15 is 0 Å². The summed E-state index contributed by atoms with van der Waals surface area (Å²) in [5, 5.41) is 4.00. The van der Waals surface area contributed by atoms with Crippen molar-refractivity contribution in [3.05, 3.63) is 45.4 Å². The second kappa shape index (κ2) is 7.94. The summed E-state index contributed by atoms with van der Waals surface area (Å²) in [7, 11) is 1.66. The molecule has 2 rings (SSSR count). The van der Waals surface area contributed by atoms with Crippen LogP contribution in [-0.4, -0.2) is 24.5 Å². The summed E-state index contributed by atoms with van der Waals surface area (Å²) in [6, 6.07) is 7.91. The molecule has 118 valence electrons. The Bertz CT molecular complexity index is 618. The van der Waals surface area contributed by atoms with Crippen LogP contribution in [-0.2, 0) is 17.6 Å². The molecule has 5 heteroatoms. The number of ether oxygens (including phenoxy) is 1. The molecule has 1 heterocycles. The number of nitrogens with zero attached hydrogens (tertiary/aromatic N) is 1. The maximum atomic E-state index is 11.9. The van der Waals surface area contributed by atoms with Crippen LogP contribution in [0.15, 0.2) is 24.3 Å². The molecule has 0 saturated heterocycles. The quantitative estimate of drug-likeness (QED) is 0.853. The smallest absolute Gasteiger partial charge is 0.220 e. The van der Waals surface area contributed by atoms with Gasteiger partial charge in [0.05, 0.1) is 17.8 Å². The van der Waals surface area contributed by atoms with Gasteiger partial charge in [0.15, 0.2) is 0 Å². The molecule has 0 atom stereocenters. The second-order valence-electron chi connectivity index (χ2n) is 5.20. The van der Waals surface area contributed by atoms with E-state index in [1.54, 1.807) is 18.4 Å². The minimum atomic E-state index is 0.0772. The fourth-order valence-corrected chi connectivity index (χ4v) is 3.06. The Morgan fingerprint density at radius 3 is 2.82 bits per heavy atom. The van der Waals surface area contributed by atoms with Crippen LogP contribution in [0, 0.1) is 13.8 Å². The fourth-order valence-electron chi connectivity index (χ4n) is 2.13. The molecule has 0 aliphatic rings. The van der Waals surface area contributed by atoms with Gasteiger partial charge in [-0.25, -0.2) is 4.98 Å². The predicted molar refractivity (Wildman–Crippen MR) is 89.6 cm³/mol. The Morgan fingerprint density at radius 2 is 2.14 bits per heavy atom. The molecule has 0 unspecified atom stereocenters. The number of nitrogens with one attached hydrogen (secondary N) is 1. The topological polar surface area (TPSA) is 51.2 Å². The molecule has 0 aliphatic carbocycles. The summed E-state index contributed by atoms with van der Waals surface area (Å²) >= 11 is 1.68. The summed E-state index contributed by atoms with van der Waals surface area (Å²) in [5.41, 5.74) is 2.23. The molecule has 1 N–H and O–H groups in total. The number of aromatic nitrogens is 1. The average Bonchev–Trinajstić information content (AvgIpc) is 2.84. The highest BCUT2D eigenvalue weighted by Gasteiger charge is 2.07. The molecule has 1 amide bonds. The van der Waals surface area contributed by atoms with Gasteiger partial charge in [0.1, 0.15) is 5.75 Å². The Labute approximate surface area is 135 Å². The minimum absolute atomic E-state index is 0.0772. The van der Waals surface area contributed by atoms with Gasteiger partial charge in [-0.15, -0.1) is 11.3 Å². The van der Waals surface area contributed by atoms with E-state index < -0.39 is 0 Å². The van der Waals surface area contributed by atoms with E-state index in [9.17, 15) is 4.79 Å². The first-order valence-electron chi connectivity index (χ1n) is 7.41. The molecule has 1 aromatic heterocycles. The number of carbonyl (C=O) groups is 1. The Kier molecular flexibility index (Phi) is 5.95. The van der Waals surface area contributed by atoms with Gasteiger partial charge >= 0.3 is 0 Å². The largest absolute Gasteiger partial charge is 0.497 e. The first-order chi connectivity index (χ1) is 10.6. The highest BCUT2D eigenvalue weighted by molar-refractivity contribution is 7.11. The summed E-state index contributed by atoms with van der Waals surface area (Å²) in [5.74, 6) is 0.923. The first kappa shape index (κ1) is 16.5. The van der Waals surface area contributed by atoms with E-state index in [1.165, 1.54) is 4.88 Å². The first-order valence-corrected chi connectivity index (χ1v) is 8.22. The third-order valence-electron chi connectivity index (χ3n) is 3.51. The van der Waals surface area contributed by atoms with E-state index in [0.717, 1.165) is 28.4 Å². The van der Waals surface area contributed by atoms with E-state index in [0.29, 0.717) is 19.4 Å². The molecular weight excluding hydrogens is 296 g/mol. The van der Waals surface area contributed by atoms with Gasteiger partial charge in [-0.05, 0) is 38.0 Å². The maximum Gasteiger partial charge on any atom is 0.220 e. The number of methoxy groups -OCH3 is 1. The van der Waals surface area contributed by atoms with Gasteiger partial charge in [-0.3, -0.25) is 4.79 Å². The average molecular weight is 318 g/mol. The number of amides is 1. The highest BCUT2D eigenvalue weighted by Crippen LogP contribution is 2.17. The van der Waals surface area contributed by atoms with Crippen LogP contribution in [0.1, 0.15) is 27.6 Å². The Hall–Kier alpha value is -1.88. The molecule has 0 fully saturated rings. The summed E-state index contributed by atoms with van der Waals surface area (Å²) in [6.07, 6.45) is 2.01. The molecule has 0 spiro atoms. The van der Waals surface area contributed by atoms with Crippen molar-refractivity contribution in [2.24, 2.45) is 0 Å². The van der Waals surface area contributed by atoms with Crippen molar-refractivity contribution < 1.29 is 9.53 Å². The number of rotatable bonds is 7.